The van der Waals surface area contributed by atoms with Gasteiger partial charge in [0.05, 0.1) is 18.2 Å². The Hall–Kier alpha value is -3.00. The van der Waals surface area contributed by atoms with Gasteiger partial charge in [0.15, 0.2) is 0 Å². The molecule has 0 radical (unpaired) electrons. The fraction of sp³-hybridized carbons (Fsp3) is 0.0667. The summed E-state index contributed by atoms with van der Waals surface area (Å²) in [6.07, 6.45) is 0. The summed E-state index contributed by atoms with van der Waals surface area (Å²) < 4.78 is 32.7. The van der Waals surface area contributed by atoms with Crippen LogP contribution in [0.2, 0.25) is 0 Å². The van der Waals surface area contributed by atoms with Crippen molar-refractivity contribution in [3.05, 3.63) is 59.2 Å². The number of aromatic carboxylic acids is 1. The van der Waals surface area contributed by atoms with Crippen LogP contribution in [0.4, 0.5) is 20.2 Å². The second kappa shape index (κ2) is 6.41. The third kappa shape index (κ3) is 2.97. The summed E-state index contributed by atoms with van der Waals surface area (Å²) in [7, 11) is 1.09. The summed E-state index contributed by atoms with van der Waals surface area (Å²) >= 11 is 0. The molecule has 2 aromatic carbocycles. The van der Waals surface area contributed by atoms with E-state index in [9.17, 15) is 18.4 Å². The number of nitrogens with two attached hydrogens (primary N) is 1. The first-order valence-corrected chi connectivity index (χ1v) is 6.32. The van der Waals surface area contributed by atoms with Crippen LogP contribution in [0.15, 0.2) is 36.4 Å². The predicted octanol–water partition coefficient (Wildman–Crippen LogP) is 2.46. The standard InChI is InChI=1S/C15H12F2N2O4/c1-23-15(22)9-5-3-7-11(17)13(9)19(18)12-8(14(20)21)4-2-6-10(12)16/h2-7H,18H2,1H3,(H,20,21). The lowest BCUT2D eigenvalue weighted by Crippen LogP contribution is -2.31. The molecule has 0 unspecified atom stereocenters. The molecule has 23 heavy (non-hydrogen) atoms. The van der Waals surface area contributed by atoms with Crippen molar-refractivity contribution in [3.8, 4) is 0 Å². The number of methoxy groups -OCH3 is 1. The third-order valence-electron chi connectivity index (χ3n) is 3.09. The summed E-state index contributed by atoms with van der Waals surface area (Å²) in [5.74, 6) is 1.46. The number of nitrogens with zero attached hydrogens (tertiary/aromatic N) is 1. The van der Waals surface area contributed by atoms with Gasteiger partial charge in [0.2, 0.25) is 0 Å². The minimum atomic E-state index is -1.45. The number of hydrogen-bond acceptors (Lipinski definition) is 5. The molecule has 0 aliphatic rings. The van der Waals surface area contributed by atoms with Gasteiger partial charge in [0.25, 0.3) is 0 Å². The zero-order valence-electron chi connectivity index (χ0n) is 11.9. The van der Waals surface area contributed by atoms with E-state index < -0.39 is 40.5 Å². The largest absolute Gasteiger partial charge is 0.478 e. The van der Waals surface area contributed by atoms with E-state index in [1.807, 2.05) is 0 Å². The second-order valence-corrected chi connectivity index (χ2v) is 4.44. The van der Waals surface area contributed by atoms with Crippen LogP contribution in [-0.4, -0.2) is 24.2 Å². The van der Waals surface area contributed by atoms with E-state index in [1.54, 1.807) is 0 Å². The number of carbonyl (C=O) groups excluding carboxylic acids is 1. The third-order valence-corrected chi connectivity index (χ3v) is 3.09. The molecule has 0 saturated carbocycles. The quantitative estimate of drug-likeness (QED) is 0.510. The molecule has 6 nitrogen and oxygen atoms in total. The van der Waals surface area contributed by atoms with E-state index in [4.69, 9.17) is 10.9 Å². The smallest absolute Gasteiger partial charge is 0.340 e. The monoisotopic (exact) mass is 322 g/mol. The molecular formula is C15H12F2N2O4. The number of esters is 1. The van der Waals surface area contributed by atoms with Gasteiger partial charge < -0.3 is 9.84 Å². The molecule has 0 aromatic heterocycles. The van der Waals surface area contributed by atoms with Gasteiger partial charge in [0, 0.05) is 0 Å². The average molecular weight is 322 g/mol. The van der Waals surface area contributed by atoms with Crippen molar-refractivity contribution in [3.63, 3.8) is 0 Å². The number of carboxylic acid groups (broad SMARTS) is 1. The van der Waals surface area contributed by atoms with Gasteiger partial charge >= 0.3 is 11.9 Å². The summed E-state index contributed by atoms with van der Waals surface area (Å²) in [5, 5.41) is 9.63. The van der Waals surface area contributed by atoms with Crippen LogP contribution in [0.25, 0.3) is 0 Å². The number of carbonyl (C=O) groups is 2. The highest BCUT2D eigenvalue weighted by Gasteiger charge is 2.26. The maximum atomic E-state index is 14.1. The van der Waals surface area contributed by atoms with Crippen molar-refractivity contribution in [1.82, 2.24) is 0 Å². The van der Waals surface area contributed by atoms with E-state index in [0.717, 1.165) is 25.3 Å². The van der Waals surface area contributed by atoms with E-state index >= 15 is 0 Å². The highest BCUT2D eigenvalue weighted by Crippen LogP contribution is 2.33. The number of benzene rings is 2. The van der Waals surface area contributed by atoms with Crippen LogP contribution in [0.5, 0.6) is 0 Å². The zero-order valence-corrected chi connectivity index (χ0v) is 11.9. The van der Waals surface area contributed by atoms with Crippen LogP contribution in [0, 0.1) is 11.6 Å². The molecule has 0 saturated heterocycles. The molecule has 2 rings (SSSR count). The van der Waals surface area contributed by atoms with Gasteiger partial charge in [-0.3, -0.25) is 5.01 Å². The van der Waals surface area contributed by atoms with Crippen LogP contribution in [0.3, 0.4) is 0 Å². The second-order valence-electron chi connectivity index (χ2n) is 4.44. The van der Waals surface area contributed by atoms with Crippen molar-refractivity contribution in [1.29, 1.82) is 0 Å². The lowest BCUT2D eigenvalue weighted by atomic mass is 10.1. The molecule has 2 aromatic rings. The maximum absolute atomic E-state index is 14.1. The number of ether oxygens (including phenoxy) is 1. The Kier molecular flexibility index (Phi) is 4.56. The van der Waals surface area contributed by atoms with E-state index in [-0.39, 0.29) is 5.56 Å². The molecule has 0 spiro atoms. The van der Waals surface area contributed by atoms with E-state index in [2.05, 4.69) is 4.74 Å². The van der Waals surface area contributed by atoms with Crippen molar-refractivity contribution in [2.24, 2.45) is 5.84 Å². The highest BCUT2D eigenvalue weighted by molar-refractivity contribution is 6.00. The molecule has 0 aliphatic heterocycles. The van der Waals surface area contributed by atoms with Gasteiger partial charge in [-0.2, -0.15) is 0 Å². The maximum Gasteiger partial charge on any atom is 0.340 e. The summed E-state index contributed by atoms with van der Waals surface area (Å²) in [6, 6.07) is 6.74. The van der Waals surface area contributed by atoms with E-state index in [1.165, 1.54) is 18.2 Å². The van der Waals surface area contributed by atoms with E-state index in [0.29, 0.717) is 5.01 Å². The average Bonchev–Trinajstić information content (AvgIpc) is 2.52. The lowest BCUT2D eigenvalue weighted by molar-refractivity contribution is 0.0600. The van der Waals surface area contributed by atoms with Crippen molar-refractivity contribution in [2.45, 2.75) is 0 Å². The number of hydrogen-bond donors (Lipinski definition) is 2. The topological polar surface area (TPSA) is 92.9 Å². The Balaban J connectivity index is 2.70. The molecule has 3 N–H and O–H groups in total. The fourth-order valence-electron chi connectivity index (χ4n) is 2.08. The first-order chi connectivity index (χ1) is 10.9. The number of hydrazine groups is 1. The molecule has 0 amide bonds. The molecule has 8 heteroatoms. The molecule has 0 aliphatic carbocycles. The Morgan fingerprint density at radius 1 is 1.04 bits per heavy atom. The van der Waals surface area contributed by atoms with Crippen LogP contribution >= 0.6 is 0 Å². The minimum Gasteiger partial charge on any atom is -0.478 e. The van der Waals surface area contributed by atoms with Gasteiger partial charge in [-0.25, -0.2) is 24.2 Å². The number of rotatable bonds is 4. The van der Waals surface area contributed by atoms with Gasteiger partial charge in [-0.1, -0.05) is 12.1 Å². The summed E-state index contributed by atoms with van der Waals surface area (Å²) in [5.41, 5.74) is -1.82. The van der Waals surface area contributed by atoms with Crippen molar-refractivity contribution >= 4 is 23.3 Å². The first kappa shape index (κ1) is 16.4. The van der Waals surface area contributed by atoms with Gasteiger partial charge in [-0.15, -0.1) is 0 Å². The Bertz CT molecular complexity index is 780. The number of para-hydroxylation sites is 2. The Morgan fingerprint density at radius 3 is 2.00 bits per heavy atom. The number of halogens is 2. The van der Waals surface area contributed by atoms with Crippen LogP contribution in [-0.2, 0) is 4.74 Å². The Labute approximate surface area is 129 Å². The summed E-state index contributed by atoms with van der Waals surface area (Å²) in [4.78, 5) is 23.0. The highest BCUT2D eigenvalue weighted by atomic mass is 19.1. The van der Waals surface area contributed by atoms with Crippen molar-refractivity contribution in [2.75, 3.05) is 12.1 Å². The SMILES string of the molecule is COC(=O)c1cccc(F)c1N(N)c1c(F)cccc1C(=O)O. The molecule has 0 atom stereocenters. The first-order valence-electron chi connectivity index (χ1n) is 6.32. The molecular weight excluding hydrogens is 310 g/mol. The van der Waals surface area contributed by atoms with Gasteiger partial charge in [-0.05, 0) is 24.3 Å². The fourth-order valence-corrected chi connectivity index (χ4v) is 2.08. The number of anilines is 2. The number of carboxylic acids is 1. The molecule has 0 heterocycles. The molecule has 120 valence electrons. The zero-order chi connectivity index (χ0) is 17.1. The Morgan fingerprint density at radius 2 is 1.52 bits per heavy atom. The summed E-state index contributed by atoms with van der Waals surface area (Å²) in [6.45, 7) is 0. The minimum absolute atomic E-state index is 0.269. The van der Waals surface area contributed by atoms with Gasteiger partial charge in [0.1, 0.15) is 23.0 Å². The van der Waals surface area contributed by atoms with Crippen LogP contribution in [0.1, 0.15) is 20.7 Å². The lowest BCUT2D eigenvalue weighted by Gasteiger charge is -2.23. The molecule has 0 fully saturated rings. The van der Waals surface area contributed by atoms with Crippen LogP contribution < -0.4 is 10.9 Å². The normalized spacial score (nSPS) is 10.3. The molecule has 0 bridgehead atoms. The predicted molar refractivity (Wildman–Crippen MR) is 77.4 cm³/mol. The van der Waals surface area contributed by atoms with Crippen molar-refractivity contribution < 1.29 is 28.2 Å².